The van der Waals surface area contributed by atoms with Gasteiger partial charge in [-0.1, -0.05) is 19.8 Å². The van der Waals surface area contributed by atoms with Crippen molar-refractivity contribution in [3.63, 3.8) is 0 Å². The van der Waals surface area contributed by atoms with Gasteiger partial charge in [-0.25, -0.2) is 13.1 Å². The molecule has 0 spiro atoms. The zero-order valence-corrected chi connectivity index (χ0v) is 9.79. The normalized spacial score (nSPS) is 14.4. The molecule has 0 aliphatic rings. The van der Waals surface area contributed by atoms with Crippen LogP contribution in [0.3, 0.4) is 0 Å². The molecule has 1 atom stereocenters. The third-order valence-electron chi connectivity index (χ3n) is 1.72. The Balaban J connectivity index is 3.82. The quantitative estimate of drug-likeness (QED) is 0.674. The van der Waals surface area contributed by atoms with E-state index in [1.807, 2.05) is 6.92 Å². The average Bonchev–Trinajstić information content (AvgIpc) is 1.99. The van der Waals surface area contributed by atoms with Crippen molar-refractivity contribution in [2.24, 2.45) is 0 Å². The van der Waals surface area contributed by atoms with Gasteiger partial charge in [0.15, 0.2) is 0 Å². The lowest BCUT2D eigenvalue weighted by Gasteiger charge is -2.12. The Bertz CT molecular complexity index is 216. The fraction of sp³-hybridized carbons (Fsp3) is 1.00. The monoisotopic (exact) mass is 227 g/mol. The second-order valence-corrected chi connectivity index (χ2v) is 5.42. The zero-order chi connectivity index (χ0) is 10.3. The van der Waals surface area contributed by atoms with Gasteiger partial charge in [0.25, 0.3) is 0 Å². The van der Waals surface area contributed by atoms with Crippen LogP contribution in [0.5, 0.6) is 0 Å². The summed E-state index contributed by atoms with van der Waals surface area (Å²) in [5, 5.41) is 0. The van der Waals surface area contributed by atoms with Crippen LogP contribution in [0.2, 0.25) is 0 Å². The van der Waals surface area contributed by atoms with Crippen molar-refractivity contribution in [3.8, 4) is 0 Å². The van der Waals surface area contributed by atoms with E-state index in [2.05, 4.69) is 11.6 Å². The maximum Gasteiger partial charge on any atom is 0.213 e. The first kappa shape index (κ1) is 13.2. The highest BCUT2D eigenvalue weighted by molar-refractivity contribution is 7.89. The lowest BCUT2D eigenvalue weighted by atomic mass is 10.2. The molecule has 0 saturated carbocycles. The van der Waals surface area contributed by atoms with Crippen LogP contribution >= 0.6 is 11.6 Å². The Morgan fingerprint density at radius 3 is 2.54 bits per heavy atom. The number of alkyl halides is 1. The van der Waals surface area contributed by atoms with Gasteiger partial charge in [0.1, 0.15) is 0 Å². The van der Waals surface area contributed by atoms with E-state index in [0.29, 0.717) is 0 Å². The van der Waals surface area contributed by atoms with Crippen LogP contribution in [0.4, 0.5) is 0 Å². The molecule has 0 saturated heterocycles. The molecule has 0 aromatic carbocycles. The number of unbranched alkanes of at least 4 members (excludes halogenated alkanes) is 1. The Morgan fingerprint density at radius 1 is 1.46 bits per heavy atom. The SMILES string of the molecule is CCCCC(C)NS(=O)(=O)CCCl. The largest absolute Gasteiger partial charge is 0.213 e. The second kappa shape index (κ2) is 6.62. The van der Waals surface area contributed by atoms with Gasteiger partial charge in [-0.05, 0) is 13.3 Å². The molecule has 5 heteroatoms. The van der Waals surface area contributed by atoms with Crippen LogP contribution in [0.1, 0.15) is 33.1 Å². The second-order valence-electron chi connectivity index (χ2n) is 3.17. The number of sulfonamides is 1. The van der Waals surface area contributed by atoms with Crippen LogP contribution in [0.25, 0.3) is 0 Å². The molecule has 3 nitrogen and oxygen atoms in total. The molecule has 0 radical (unpaired) electrons. The molecule has 0 aromatic heterocycles. The molecule has 0 rings (SSSR count). The summed E-state index contributed by atoms with van der Waals surface area (Å²) >= 11 is 5.35. The fourth-order valence-electron chi connectivity index (χ4n) is 1.04. The average molecular weight is 228 g/mol. The Labute approximate surface area is 85.9 Å². The minimum atomic E-state index is -3.14. The highest BCUT2D eigenvalue weighted by Gasteiger charge is 2.12. The lowest BCUT2D eigenvalue weighted by molar-refractivity contribution is 0.535. The molecule has 0 bridgehead atoms. The smallest absolute Gasteiger partial charge is 0.212 e. The zero-order valence-electron chi connectivity index (χ0n) is 8.22. The summed E-state index contributed by atoms with van der Waals surface area (Å²) in [7, 11) is -3.14. The lowest BCUT2D eigenvalue weighted by Crippen LogP contribution is -2.34. The maximum atomic E-state index is 11.2. The van der Waals surface area contributed by atoms with Crippen molar-refractivity contribution in [2.75, 3.05) is 11.6 Å². The highest BCUT2D eigenvalue weighted by Crippen LogP contribution is 2.01. The van der Waals surface area contributed by atoms with Crippen LogP contribution in [0, 0.1) is 0 Å². The molecule has 0 heterocycles. The van der Waals surface area contributed by atoms with Gasteiger partial charge >= 0.3 is 0 Å². The Kier molecular flexibility index (Phi) is 6.73. The van der Waals surface area contributed by atoms with Crippen molar-refractivity contribution in [3.05, 3.63) is 0 Å². The van der Waals surface area contributed by atoms with E-state index < -0.39 is 10.0 Å². The molecule has 0 aliphatic carbocycles. The third kappa shape index (κ3) is 7.28. The maximum absolute atomic E-state index is 11.2. The Morgan fingerprint density at radius 2 is 2.08 bits per heavy atom. The van der Waals surface area contributed by atoms with Gasteiger partial charge < -0.3 is 0 Å². The molecule has 13 heavy (non-hydrogen) atoms. The van der Waals surface area contributed by atoms with Gasteiger partial charge in [0.2, 0.25) is 10.0 Å². The summed E-state index contributed by atoms with van der Waals surface area (Å²) in [6.07, 6.45) is 3.02. The first-order valence-electron chi connectivity index (χ1n) is 4.57. The summed E-state index contributed by atoms with van der Waals surface area (Å²) in [5.74, 6) is 0.154. The van der Waals surface area contributed by atoms with E-state index in [-0.39, 0.29) is 17.7 Å². The molecular weight excluding hydrogens is 210 g/mol. The van der Waals surface area contributed by atoms with Gasteiger partial charge in [-0.2, -0.15) is 0 Å². The highest BCUT2D eigenvalue weighted by atomic mass is 35.5. The van der Waals surface area contributed by atoms with E-state index in [4.69, 9.17) is 11.6 Å². The number of nitrogens with one attached hydrogen (secondary N) is 1. The summed E-state index contributed by atoms with van der Waals surface area (Å²) in [4.78, 5) is 0. The van der Waals surface area contributed by atoms with Gasteiger partial charge in [0.05, 0.1) is 5.75 Å². The van der Waals surface area contributed by atoms with Crippen LogP contribution < -0.4 is 4.72 Å². The topological polar surface area (TPSA) is 46.2 Å². The van der Waals surface area contributed by atoms with E-state index in [1.165, 1.54) is 0 Å². The molecule has 0 fully saturated rings. The van der Waals surface area contributed by atoms with Crippen molar-refractivity contribution in [1.82, 2.24) is 4.72 Å². The fourth-order valence-corrected chi connectivity index (χ4v) is 2.70. The summed E-state index contributed by atoms with van der Waals surface area (Å²) in [6, 6.07) is 0.0215. The van der Waals surface area contributed by atoms with Crippen molar-refractivity contribution in [1.29, 1.82) is 0 Å². The molecule has 0 aromatic rings. The molecular formula is C8H18ClNO2S. The molecule has 0 aliphatic heterocycles. The summed E-state index contributed by atoms with van der Waals surface area (Å²) in [5.41, 5.74) is 0. The van der Waals surface area contributed by atoms with Crippen LogP contribution in [-0.4, -0.2) is 26.1 Å². The van der Waals surface area contributed by atoms with Gasteiger partial charge in [-0.15, -0.1) is 11.6 Å². The number of rotatable bonds is 7. The third-order valence-corrected chi connectivity index (χ3v) is 3.63. The number of halogens is 1. The Hall–Kier alpha value is 0.200. The van der Waals surface area contributed by atoms with E-state index in [0.717, 1.165) is 19.3 Å². The predicted octanol–water partition coefficient (Wildman–Crippen LogP) is 1.72. The molecule has 1 N–H and O–H groups in total. The van der Waals surface area contributed by atoms with Crippen LogP contribution in [0.15, 0.2) is 0 Å². The van der Waals surface area contributed by atoms with Crippen LogP contribution in [-0.2, 0) is 10.0 Å². The first-order chi connectivity index (χ1) is 6.02. The molecule has 80 valence electrons. The number of hydrogen-bond donors (Lipinski definition) is 1. The summed E-state index contributed by atoms with van der Waals surface area (Å²) in [6.45, 7) is 3.96. The van der Waals surface area contributed by atoms with Crippen molar-refractivity contribution < 1.29 is 8.42 Å². The molecule has 1 unspecified atom stereocenters. The van der Waals surface area contributed by atoms with Gasteiger partial charge in [-0.3, -0.25) is 0 Å². The predicted molar refractivity (Wildman–Crippen MR) is 56.6 cm³/mol. The van der Waals surface area contributed by atoms with Crippen molar-refractivity contribution in [2.45, 2.75) is 39.2 Å². The number of hydrogen-bond acceptors (Lipinski definition) is 2. The van der Waals surface area contributed by atoms with Gasteiger partial charge in [0, 0.05) is 11.9 Å². The minimum absolute atomic E-state index is 0.00498. The van der Waals surface area contributed by atoms with E-state index >= 15 is 0 Å². The van der Waals surface area contributed by atoms with E-state index in [1.54, 1.807) is 0 Å². The molecule has 0 amide bonds. The first-order valence-corrected chi connectivity index (χ1v) is 6.76. The van der Waals surface area contributed by atoms with E-state index in [9.17, 15) is 8.42 Å². The summed E-state index contributed by atoms with van der Waals surface area (Å²) < 4.78 is 25.0. The van der Waals surface area contributed by atoms with Crippen molar-refractivity contribution >= 4 is 21.6 Å². The minimum Gasteiger partial charge on any atom is -0.212 e. The standard InChI is InChI=1S/C8H18ClNO2S/c1-3-4-5-8(2)10-13(11,12)7-6-9/h8,10H,3-7H2,1-2H3.